The molecule has 1 N–H and O–H groups in total. The minimum absolute atomic E-state index is 0.0356. The van der Waals surface area contributed by atoms with E-state index in [0.29, 0.717) is 24.2 Å². The molecule has 0 bridgehead atoms. The van der Waals surface area contributed by atoms with Crippen molar-refractivity contribution in [3.63, 3.8) is 0 Å². The maximum atomic E-state index is 11.0. The van der Waals surface area contributed by atoms with Crippen LogP contribution in [0.4, 0.5) is 0 Å². The van der Waals surface area contributed by atoms with Crippen molar-refractivity contribution < 1.29 is 44.2 Å². The fourth-order valence-electron chi connectivity index (χ4n) is 4.65. The van der Waals surface area contributed by atoms with Crippen LogP contribution in [0.1, 0.15) is 17.3 Å². The first kappa shape index (κ1) is 30.8. The van der Waals surface area contributed by atoms with E-state index in [-0.39, 0.29) is 45.2 Å². The zero-order valence-electron chi connectivity index (χ0n) is 20.5. The van der Waals surface area contributed by atoms with Crippen molar-refractivity contribution in [2.45, 2.75) is 12.1 Å². The summed E-state index contributed by atoms with van der Waals surface area (Å²) >= 11 is -1.80. The van der Waals surface area contributed by atoms with Crippen LogP contribution in [0.25, 0.3) is 16.3 Å². The number of pyridine rings is 1. The van der Waals surface area contributed by atoms with Crippen molar-refractivity contribution in [1.82, 2.24) is 4.98 Å². The number of hydrogen-bond donors (Lipinski definition) is 1. The third kappa shape index (κ3) is 7.26. The third-order valence-corrected chi connectivity index (χ3v) is 6.13. The summed E-state index contributed by atoms with van der Waals surface area (Å²) in [6.45, 7) is 1.23. The van der Waals surface area contributed by atoms with Crippen molar-refractivity contribution in [3.05, 3.63) is 126 Å². The van der Waals surface area contributed by atoms with E-state index in [9.17, 15) is 20.2 Å². The number of aromatic nitrogens is 1. The molecule has 0 saturated heterocycles. The molecular weight excluding hydrogens is 583 g/mol. The van der Waals surface area contributed by atoms with Gasteiger partial charge in [-0.15, -0.1) is 30.9 Å². The number of nitro groups is 2. The summed E-state index contributed by atoms with van der Waals surface area (Å²) in [4.78, 5) is 30.0. The molecule has 40 heavy (non-hydrogen) atoms. The first-order chi connectivity index (χ1) is 19.3. The quantitative estimate of drug-likeness (QED) is 0.226. The predicted molar refractivity (Wildman–Crippen MR) is 139 cm³/mol. The first-order valence-electron chi connectivity index (χ1n) is 11.5. The Balaban J connectivity index is 0.000000185. The number of nitrogens with zero attached hydrogens (tertiary/aromatic N) is 6. The Morgan fingerprint density at radius 2 is 1.75 bits per heavy atom. The monoisotopic (exact) mass is 604 g/mol. The first-order valence-corrected chi connectivity index (χ1v) is 13.1. The van der Waals surface area contributed by atoms with Crippen LogP contribution < -0.4 is 0 Å². The molecule has 5 aliphatic rings. The normalized spacial score (nSPS) is 25.1. The molecule has 0 radical (unpaired) electrons. The van der Waals surface area contributed by atoms with Gasteiger partial charge in [0.25, 0.3) is 11.4 Å². The van der Waals surface area contributed by atoms with E-state index in [1.54, 1.807) is 42.8 Å². The average molecular weight is 604 g/mol. The van der Waals surface area contributed by atoms with Gasteiger partial charge in [0.2, 0.25) is 0 Å². The second-order valence-corrected chi connectivity index (χ2v) is 8.77. The molecule has 6 rings (SSSR count). The molecule has 16 heteroatoms. The number of dihydropyridines is 1. The molecule has 2 aliphatic carbocycles. The van der Waals surface area contributed by atoms with E-state index in [4.69, 9.17) is 17.0 Å². The molecule has 0 aromatic carbocycles. The zero-order valence-corrected chi connectivity index (χ0v) is 22.7. The number of allylic oxidation sites excluding steroid dienone is 2. The Morgan fingerprint density at radius 1 is 1.05 bits per heavy atom. The zero-order chi connectivity index (χ0) is 29.2. The van der Waals surface area contributed by atoms with Crippen LogP contribution in [-0.2, 0) is 32.4 Å². The topological polar surface area (TPSA) is 217 Å². The van der Waals surface area contributed by atoms with Crippen LogP contribution >= 0.6 is 0 Å². The van der Waals surface area contributed by atoms with Gasteiger partial charge in [-0.1, -0.05) is 24.3 Å². The molecule has 207 valence electrons. The molecule has 4 heterocycles. The van der Waals surface area contributed by atoms with Crippen molar-refractivity contribution in [2.75, 3.05) is 13.1 Å². The molecule has 5 unspecified atom stereocenters. The minimum atomic E-state index is -2.86. The number of aliphatic imine (C=N–C) groups is 1. The second-order valence-electron chi connectivity index (χ2n) is 8.33. The van der Waals surface area contributed by atoms with Gasteiger partial charge in [-0.2, -0.15) is 0 Å². The maximum absolute atomic E-state index is 11.0. The van der Waals surface area contributed by atoms with Gasteiger partial charge in [-0.25, -0.2) is 4.21 Å². The molecule has 0 saturated carbocycles. The Kier molecular flexibility index (Phi) is 11.2. The van der Waals surface area contributed by atoms with E-state index in [1.165, 1.54) is 0 Å². The Labute approximate surface area is 240 Å². The summed E-state index contributed by atoms with van der Waals surface area (Å²) in [5, 5.41) is 30.9. The summed E-state index contributed by atoms with van der Waals surface area (Å²) in [6.07, 6.45) is 18.0. The molecule has 0 amide bonds. The average Bonchev–Trinajstić information content (AvgIpc) is 2.97. The predicted octanol–water partition coefficient (Wildman–Crippen LogP) is 3.51. The van der Waals surface area contributed by atoms with Gasteiger partial charge in [-0.05, 0) is 24.1 Å². The summed E-state index contributed by atoms with van der Waals surface area (Å²) in [6, 6.07) is 3.29. The number of hydrogen-bond acceptors (Lipinski definition) is 9. The Morgan fingerprint density at radius 3 is 2.45 bits per heavy atom. The Bertz CT molecular complexity index is 1380. The van der Waals surface area contributed by atoms with Crippen LogP contribution in [0.2, 0.25) is 0 Å². The summed E-state index contributed by atoms with van der Waals surface area (Å²) in [5.74, 6) is -0.0825. The van der Waals surface area contributed by atoms with E-state index >= 15 is 0 Å². The molecule has 3 aliphatic heterocycles. The van der Waals surface area contributed by atoms with Crippen LogP contribution in [-0.4, -0.2) is 53.5 Å². The van der Waals surface area contributed by atoms with E-state index in [2.05, 4.69) is 20.6 Å². The second kappa shape index (κ2) is 14.6. The molecule has 0 fully saturated rings. The van der Waals surface area contributed by atoms with Gasteiger partial charge in [0.1, 0.15) is 0 Å². The standard InChI is InChI=1S/2C12H10N3O2.H2O3S.O.V/c2*16-15(17)10-7-8-3-1-5-13-11(8)12-9(10)4-2-6-14-12;1-4(2)3;;/h1-4,6-8,11H,5H2;1-5,7-8,11H,6H2;(H2,1,2,3);;/q2*-1;;;+2/p-1. The summed E-state index contributed by atoms with van der Waals surface area (Å²) in [5.41, 5.74) is 2.94. The third-order valence-electron chi connectivity index (χ3n) is 6.13. The van der Waals surface area contributed by atoms with Crippen LogP contribution in [0.15, 0.2) is 88.9 Å². The SMILES string of the molecule is O=S([O-])O.O=[N+]([O-])C1=CC2C=CC=NC2C2=C1C=CC[N-]2.O=[N+]([O-])C1=CC2C=CC[N-]C2c2ncccc21.[O]=[V+2]. The molecule has 0 spiro atoms. The van der Waals surface area contributed by atoms with E-state index in [0.717, 1.165) is 28.8 Å². The Hall–Kier alpha value is -3.73. The van der Waals surface area contributed by atoms with Gasteiger partial charge in [0.15, 0.2) is 0 Å². The van der Waals surface area contributed by atoms with Gasteiger partial charge >= 0.3 is 21.0 Å². The fourth-order valence-corrected chi connectivity index (χ4v) is 4.65. The molecule has 5 atom stereocenters. The van der Waals surface area contributed by atoms with Crippen molar-refractivity contribution in [3.8, 4) is 0 Å². The van der Waals surface area contributed by atoms with E-state index in [1.807, 2.05) is 30.4 Å². The van der Waals surface area contributed by atoms with Gasteiger partial charge in [0, 0.05) is 41.7 Å². The summed E-state index contributed by atoms with van der Waals surface area (Å²) < 4.78 is 32.3. The number of rotatable bonds is 2. The van der Waals surface area contributed by atoms with Crippen molar-refractivity contribution in [1.29, 1.82) is 0 Å². The molecule has 14 nitrogen and oxygen atoms in total. The van der Waals surface area contributed by atoms with Crippen LogP contribution in [0, 0.1) is 32.1 Å². The van der Waals surface area contributed by atoms with Crippen LogP contribution in [0.5, 0.6) is 0 Å². The van der Waals surface area contributed by atoms with Gasteiger partial charge in [0.05, 0.1) is 32.8 Å². The van der Waals surface area contributed by atoms with Crippen LogP contribution in [0.3, 0.4) is 0 Å². The molecular formula is C24H21N6O8SV-. The van der Waals surface area contributed by atoms with Crippen molar-refractivity contribution >= 4 is 23.3 Å². The molecule has 1 aromatic heterocycles. The van der Waals surface area contributed by atoms with E-state index < -0.39 is 11.4 Å². The van der Waals surface area contributed by atoms with Crippen molar-refractivity contribution in [2.24, 2.45) is 16.8 Å². The van der Waals surface area contributed by atoms with Gasteiger partial charge in [-0.3, -0.25) is 30.2 Å². The molecule has 1 aromatic rings. The fraction of sp³-hybridized carbons (Fsp3) is 0.250. The summed E-state index contributed by atoms with van der Waals surface area (Å²) in [7, 11) is 0. The number of fused-ring (bicyclic) bond motifs is 5. The van der Waals surface area contributed by atoms with Gasteiger partial charge < -0.3 is 19.7 Å².